The van der Waals surface area contributed by atoms with Crippen molar-refractivity contribution < 1.29 is 0 Å². The van der Waals surface area contributed by atoms with Crippen molar-refractivity contribution in [1.29, 1.82) is 0 Å². The summed E-state index contributed by atoms with van der Waals surface area (Å²) in [4.78, 5) is 15.1. The largest absolute Gasteiger partial charge is 0.305 e. The molecule has 0 unspecified atom stereocenters. The summed E-state index contributed by atoms with van der Waals surface area (Å²) in [5.74, 6) is 0. The molecule has 44 heavy (non-hydrogen) atoms. The standard InChI is InChI=1S/C40H25N3S/c1-3-14-33-31(12-1)43(32-13-2-4-15-34(32)44-33)40-30-11-7-22-41-38(30)37(29-10-6-23-42-39(29)40)28-21-19-26-17-16-24-8-5-9-25-18-20-27(28)36(26)35(24)25/h1-15,18-23H,16-17H2. The van der Waals surface area contributed by atoms with E-state index in [9.17, 15) is 0 Å². The van der Waals surface area contributed by atoms with Crippen molar-refractivity contribution >= 4 is 72.2 Å². The van der Waals surface area contributed by atoms with Crippen LogP contribution in [0.15, 0.2) is 137 Å². The molecule has 0 amide bonds. The number of rotatable bonds is 2. The van der Waals surface area contributed by atoms with E-state index in [0.717, 1.165) is 57.3 Å². The molecule has 3 heterocycles. The maximum atomic E-state index is 5.14. The number of pyridine rings is 2. The number of hydrogen-bond donors (Lipinski definition) is 0. The predicted molar refractivity (Wildman–Crippen MR) is 184 cm³/mol. The molecule has 0 saturated carbocycles. The summed E-state index contributed by atoms with van der Waals surface area (Å²) in [7, 11) is 0. The van der Waals surface area contributed by atoms with Gasteiger partial charge in [-0.25, -0.2) is 0 Å². The van der Waals surface area contributed by atoms with Crippen LogP contribution in [-0.2, 0) is 12.8 Å². The van der Waals surface area contributed by atoms with Gasteiger partial charge in [0.2, 0.25) is 0 Å². The van der Waals surface area contributed by atoms with Crippen molar-refractivity contribution in [3.05, 3.63) is 139 Å². The molecule has 0 fully saturated rings. The van der Waals surface area contributed by atoms with Gasteiger partial charge in [0.25, 0.3) is 0 Å². The van der Waals surface area contributed by atoms with Gasteiger partial charge in [0.05, 0.1) is 28.1 Å². The molecule has 206 valence electrons. The molecule has 3 nitrogen and oxygen atoms in total. The zero-order valence-corrected chi connectivity index (χ0v) is 24.6. The van der Waals surface area contributed by atoms with Crippen LogP contribution in [0, 0.1) is 0 Å². The van der Waals surface area contributed by atoms with Crippen molar-refractivity contribution in [1.82, 2.24) is 9.97 Å². The Morgan fingerprint density at radius 3 is 2.02 bits per heavy atom. The number of nitrogens with zero attached hydrogens (tertiary/aromatic N) is 3. The molecule has 4 heteroatoms. The maximum absolute atomic E-state index is 5.14. The summed E-state index contributed by atoms with van der Waals surface area (Å²) in [6.07, 6.45) is 6.01. The fourth-order valence-electron chi connectivity index (χ4n) is 7.56. The molecule has 0 spiro atoms. The number of aryl methyl sites for hydroxylation is 2. The van der Waals surface area contributed by atoms with E-state index in [1.807, 2.05) is 24.2 Å². The summed E-state index contributed by atoms with van der Waals surface area (Å²) < 4.78 is 0. The predicted octanol–water partition coefficient (Wildman–Crippen LogP) is 10.8. The number of benzene rings is 6. The highest BCUT2D eigenvalue weighted by atomic mass is 32.2. The van der Waals surface area contributed by atoms with Crippen molar-refractivity contribution in [2.45, 2.75) is 22.6 Å². The van der Waals surface area contributed by atoms with Crippen molar-refractivity contribution in [2.75, 3.05) is 4.90 Å². The second kappa shape index (κ2) is 9.15. The quantitative estimate of drug-likeness (QED) is 0.150. The lowest BCUT2D eigenvalue weighted by Crippen LogP contribution is -2.16. The van der Waals surface area contributed by atoms with Gasteiger partial charge >= 0.3 is 0 Å². The van der Waals surface area contributed by atoms with Crippen LogP contribution in [0.4, 0.5) is 17.1 Å². The lowest BCUT2D eigenvalue weighted by molar-refractivity contribution is 0.968. The Morgan fingerprint density at radius 1 is 0.523 bits per heavy atom. The first-order valence-corrected chi connectivity index (χ1v) is 15.9. The Kier molecular flexibility index (Phi) is 5.05. The molecule has 0 N–H and O–H groups in total. The van der Waals surface area contributed by atoms with Gasteiger partial charge in [-0.2, -0.15) is 0 Å². The van der Waals surface area contributed by atoms with Crippen LogP contribution in [-0.4, -0.2) is 9.97 Å². The number of fused-ring (bicyclic) bond motifs is 4. The Bertz CT molecular complexity index is 2400. The average Bonchev–Trinajstić information content (AvgIpc) is 3.09. The zero-order chi connectivity index (χ0) is 28.8. The third-order valence-electron chi connectivity index (χ3n) is 9.38. The molecule has 6 aromatic carbocycles. The number of anilines is 3. The van der Waals surface area contributed by atoms with Crippen molar-refractivity contribution in [2.24, 2.45) is 0 Å². The minimum absolute atomic E-state index is 0.977. The SMILES string of the molecule is c1ccc2c(c1)Sc1ccccc1N2c1c2cccnc2c(-c2ccc3c4c2ccc2cccc(c24)CC3)c2cccnc12. The third kappa shape index (κ3) is 3.29. The molecule has 0 atom stereocenters. The third-order valence-corrected chi connectivity index (χ3v) is 10.5. The van der Waals surface area contributed by atoms with E-state index in [4.69, 9.17) is 9.97 Å². The zero-order valence-electron chi connectivity index (χ0n) is 23.8. The van der Waals surface area contributed by atoms with E-state index < -0.39 is 0 Å². The first kappa shape index (κ1) is 24.3. The number of aromatic nitrogens is 2. The molecular formula is C40H25N3S. The Labute approximate surface area is 258 Å². The highest BCUT2D eigenvalue weighted by Gasteiger charge is 2.30. The van der Waals surface area contributed by atoms with E-state index >= 15 is 0 Å². The van der Waals surface area contributed by atoms with E-state index in [-0.39, 0.29) is 0 Å². The van der Waals surface area contributed by atoms with Crippen LogP contribution in [0.25, 0.3) is 54.5 Å². The van der Waals surface area contributed by atoms with Gasteiger partial charge in [-0.3, -0.25) is 9.97 Å². The van der Waals surface area contributed by atoms with Gasteiger partial charge in [0.1, 0.15) is 0 Å². The van der Waals surface area contributed by atoms with E-state index in [0.29, 0.717) is 0 Å². The molecule has 0 bridgehead atoms. The van der Waals surface area contributed by atoms with Gasteiger partial charge < -0.3 is 4.90 Å². The molecular weight excluding hydrogens is 555 g/mol. The van der Waals surface area contributed by atoms with Gasteiger partial charge in [-0.15, -0.1) is 0 Å². The maximum Gasteiger partial charge on any atom is 0.0956 e. The normalized spacial score (nSPS) is 13.6. The van der Waals surface area contributed by atoms with Crippen LogP contribution >= 0.6 is 11.8 Å². The lowest BCUT2D eigenvalue weighted by Gasteiger charge is -2.34. The summed E-state index contributed by atoms with van der Waals surface area (Å²) in [5.41, 5.74) is 10.6. The summed E-state index contributed by atoms with van der Waals surface area (Å²) in [6.45, 7) is 0. The summed E-state index contributed by atoms with van der Waals surface area (Å²) in [5, 5.41) is 7.61. The molecule has 2 aromatic heterocycles. The first-order valence-electron chi connectivity index (χ1n) is 15.1. The van der Waals surface area contributed by atoms with Crippen LogP contribution in [0.3, 0.4) is 0 Å². The average molecular weight is 580 g/mol. The van der Waals surface area contributed by atoms with E-state index in [1.54, 1.807) is 0 Å². The van der Waals surface area contributed by atoms with Gasteiger partial charge in [-0.05, 0) is 93.5 Å². The van der Waals surface area contributed by atoms with Crippen molar-refractivity contribution in [3.8, 4) is 11.1 Å². The fourth-order valence-corrected chi connectivity index (χ4v) is 8.62. The van der Waals surface area contributed by atoms with Crippen LogP contribution in [0.2, 0.25) is 0 Å². The highest BCUT2D eigenvalue weighted by molar-refractivity contribution is 7.99. The lowest BCUT2D eigenvalue weighted by atomic mass is 9.83. The Hall–Kier alpha value is -5.19. The second-order valence-corrected chi connectivity index (χ2v) is 12.8. The minimum Gasteiger partial charge on any atom is -0.305 e. The van der Waals surface area contributed by atoms with Crippen LogP contribution in [0.5, 0.6) is 0 Å². The molecule has 8 aromatic rings. The second-order valence-electron chi connectivity index (χ2n) is 11.7. The van der Waals surface area contributed by atoms with Crippen LogP contribution in [0.1, 0.15) is 11.1 Å². The smallest absolute Gasteiger partial charge is 0.0956 e. The summed E-state index contributed by atoms with van der Waals surface area (Å²) in [6, 6.07) is 42.0. The van der Waals surface area contributed by atoms with Crippen LogP contribution < -0.4 is 4.90 Å². The Balaban J connectivity index is 1.35. The Morgan fingerprint density at radius 2 is 1.23 bits per heavy atom. The van der Waals surface area contributed by atoms with E-state index in [2.05, 4.69) is 120 Å². The number of para-hydroxylation sites is 2. The van der Waals surface area contributed by atoms with Gasteiger partial charge in [-0.1, -0.05) is 84.6 Å². The molecule has 1 aliphatic heterocycles. The molecule has 10 rings (SSSR count). The summed E-state index contributed by atoms with van der Waals surface area (Å²) >= 11 is 1.82. The monoisotopic (exact) mass is 579 g/mol. The topological polar surface area (TPSA) is 29.0 Å². The van der Waals surface area contributed by atoms with Crippen molar-refractivity contribution in [3.63, 3.8) is 0 Å². The molecule has 0 radical (unpaired) electrons. The molecule has 0 saturated heterocycles. The van der Waals surface area contributed by atoms with Gasteiger partial charge in [0, 0.05) is 38.5 Å². The molecule has 2 aliphatic rings. The number of hydrogen-bond acceptors (Lipinski definition) is 4. The van der Waals surface area contributed by atoms with Gasteiger partial charge in [0.15, 0.2) is 0 Å². The first-order chi connectivity index (χ1) is 21.8. The van der Waals surface area contributed by atoms with E-state index in [1.165, 1.54) is 48.0 Å². The minimum atomic E-state index is 0.977. The highest BCUT2D eigenvalue weighted by Crippen LogP contribution is 2.55. The fraction of sp³-hybridized carbons (Fsp3) is 0.0500. The molecule has 1 aliphatic carbocycles.